The molecule has 0 saturated carbocycles. The lowest BCUT2D eigenvalue weighted by Crippen LogP contribution is -1.96. The molecule has 0 unspecified atom stereocenters. The maximum absolute atomic E-state index is 13.2. The third kappa shape index (κ3) is 2.98. The molecule has 1 aromatic rings. The highest BCUT2D eigenvalue weighted by atomic mass is 19.1. The van der Waals surface area contributed by atoms with Crippen LogP contribution in [0.25, 0.3) is 6.08 Å². The van der Waals surface area contributed by atoms with Crippen LogP contribution in [0.2, 0.25) is 0 Å². The average molecular weight is 210 g/mol. The van der Waals surface area contributed by atoms with E-state index in [1.807, 2.05) is 13.8 Å². The maximum Gasteiger partial charge on any atom is 0.146 e. The van der Waals surface area contributed by atoms with E-state index in [9.17, 15) is 13.6 Å². The van der Waals surface area contributed by atoms with Crippen LogP contribution in [0.1, 0.15) is 19.4 Å². The van der Waals surface area contributed by atoms with Crippen LogP contribution in [0.5, 0.6) is 0 Å². The van der Waals surface area contributed by atoms with Crippen LogP contribution in [0.15, 0.2) is 23.8 Å². The summed E-state index contributed by atoms with van der Waals surface area (Å²) in [6.07, 6.45) is 2.12. The van der Waals surface area contributed by atoms with Gasteiger partial charge in [0.25, 0.3) is 0 Å². The number of hydrogen-bond donors (Lipinski definition) is 0. The van der Waals surface area contributed by atoms with E-state index in [0.29, 0.717) is 11.9 Å². The first-order valence-electron chi connectivity index (χ1n) is 4.66. The van der Waals surface area contributed by atoms with Crippen molar-refractivity contribution in [1.29, 1.82) is 0 Å². The van der Waals surface area contributed by atoms with Crippen molar-refractivity contribution in [1.82, 2.24) is 0 Å². The van der Waals surface area contributed by atoms with Gasteiger partial charge in [-0.15, -0.1) is 0 Å². The molecule has 0 atom stereocenters. The van der Waals surface area contributed by atoms with Crippen molar-refractivity contribution in [3.05, 3.63) is 41.0 Å². The predicted molar refractivity (Wildman–Crippen MR) is 55.2 cm³/mol. The molecule has 0 bridgehead atoms. The molecule has 1 nitrogen and oxygen atoms in total. The Balaban J connectivity index is 3.11. The van der Waals surface area contributed by atoms with Gasteiger partial charge in [-0.25, -0.2) is 8.78 Å². The zero-order valence-electron chi connectivity index (χ0n) is 8.63. The molecule has 15 heavy (non-hydrogen) atoms. The quantitative estimate of drug-likeness (QED) is 0.553. The van der Waals surface area contributed by atoms with Crippen molar-refractivity contribution in [3.8, 4) is 0 Å². The second kappa shape index (κ2) is 4.82. The third-order valence-corrected chi connectivity index (χ3v) is 2.09. The highest BCUT2D eigenvalue weighted by molar-refractivity contribution is 5.82. The van der Waals surface area contributed by atoms with Crippen LogP contribution in [0.3, 0.4) is 0 Å². The van der Waals surface area contributed by atoms with Gasteiger partial charge in [-0.2, -0.15) is 0 Å². The Hall–Kier alpha value is -1.51. The Morgan fingerprint density at radius 1 is 1.33 bits per heavy atom. The number of benzene rings is 1. The van der Waals surface area contributed by atoms with Crippen LogP contribution in [-0.4, -0.2) is 6.29 Å². The summed E-state index contributed by atoms with van der Waals surface area (Å²) in [4.78, 5) is 10.7. The minimum absolute atomic E-state index is 0.0203. The van der Waals surface area contributed by atoms with Crippen molar-refractivity contribution in [2.75, 3.05) is 0 Å². The summed E-state index contributed by atoms with van der Waals surface area (Å²) in [5, 5.41) is 0. The molecule has 0 N–H and O–H groups in total. The molecular formula is C12H12F2O. The summed E-state index contributed by atoms with van der Waals surface area (Å²) in [7, 11) is 0. The molecule has 0 spiro atoms. The van der Waals surface area contributed by atoms with Crippen molar-refractivity contribution < 1.29 is 13.6 Å². The number of halogens is 2. The van der Waals surface area contributed by atoms with E-state index in [-0.39, 0.29) is 11.5 Å². The van der Waals surface area contributed by atoms with E-state index in [0.717, 1.165) is 12.1 Å². The number of hydrogen-bond acceptors (Lipinski definition) is 1. The molecule has 0 aliphatic carbocycles. The highest BCUT2D eigenvalue weighted by Gasteiger charge is 2.05. The molecule has 0 fully saturated rings. The standard InChI is InChI=1S/C12H12F2O/c1-8(2)10(7-15)5-9-3-4-11(13)6-12(9)14/h3-8H,1-2H3. The monoisotopic (exact) mass is 210 g/mol. The molecule has 1 aromatic carbocycles. The molecule has 3 heteroatoms. The van der Waals surface area contributed by atoms with Crippen LogP contribution >= 0.6 is 0 Å². The van der Waals surface area contributed by atoms with Crippen LogP contribution in [0.4, 0.5) is 8.78 Å². The van der Waals surface area contributed by atoms with E-state index < -0.39 is 11.6 Å². The minimum Gasteiger partial charge on any atom is -0.298 e. The van der Waals surface area contributed by atoms with Gasteiger partial charge in [-0.1, -0.05) is 13.8 Å². The summed E-state index contributed by atoms with van der Waals surface area (Å²) in [5.74, 6) is -1.26. The summed E-state index contributed by atoms with van der Waals surface area (Å²) in [6.45, 7) is 3.67. The fraction of sp³-hybridized carbons (Fsp3) is 0.250. The minimum atomic E-state index is -0.657. The van der Waals surface area contributed by atoms with E-state index in [1.54, 1.807) is 0 Å². The van der Waals surface area contributed by atoms with Gasteiger partial charge in [-0.3, -0.25) is 4.79 Å². The molecule has 0 heterocycles. The first kappa shape index (κ1) is 11.6. The molecule has 0 aromatic heterocycles. The first-order valence-corrected chi connectivity index (χ1v) is 4.66. The van der Waals surface area contributed by atoms with Gasteiger partial charge in [-0.05, 0) is 29.7 Å². The number of aldehydes is 1. The van der Waals surface area contributed by atoms with E-state index in [4.69, 9.17) is 0 Å². The Labute approximate surface area is 87.4 Å². The largest absolute Gasteiger partial charge is 0.298 e. The SMILES string of the molecule is CC(C)C(C=O)=Cc1ccc(F)cc1F. The summed E-state index contributed by atoms with van der Waals surface area (Å²) in [6, 6.07) is 3.28. The second-order valence-electron chi connectivity index (χ2n) is 3.58. The smallest absolute Gasteiger partial charge is 0.146 e. The van der Waals surface area contributed by atoms with Gasteiger partial charge in [0, 0.05) is 11.6 Å². The molecule has 0 aliphatic rings. The summed E-state index contributed by atoms with van der Waals surface area (Å²) < 4.78 is 25.8. The molecule has 0 amide bonds. The van der Waals surface area contributed by atoms with E-state index in [1.165, 1.54) is 12.1 Å². The average Bonchev–Trinajstić information content (AvgIpc) is 2.16. The summed E-state index contributed by atoms with van der Waals surface area (Å²) in [5.41, 5.74) is 0.715. The van der Waals surface area contributed by atoms with Gasteiger partial charge in [0.2, 0.25) is 0 Å². The van der Waals surface area contributed by atoms with Crippen molar-refractivity contribution in [2.24, 2.45) is 5.92 Å². The predicted octanol–water partition coefficient (Wildman–Crippen LogP) is 3.20. The lowest BCUT2D eigenvalue weighted by molar-refractivity contribution is -0.105. The van der Waals surface area contributed by atoms with Crippen LogP contribution in [-0.2, 0) is 4.79 Å². The van der Waals surface area contributed by atoms with E-state index in [2.05, 4.69) is 0 Å². The Morgan fingerprint density at radius 3 is 2.47 bits per heavy atom. The molecule has 80 valence electrons. The van der Waals surface area contributed by atoms with Crippen molar-refractivity contribution >= 4 is 12.4 Å². The normalized spacial score (nSPS) is 11.9. The maximum atomic E-state index is 13.2. The summed E-state index contributed by atoms with van der Waals surface area (Å²) >= 11 is 0. The number of carbonyl (C=O) groups is 1. The van der Waals surface area contributed by atoms with Crippen molar-refractivity contribution in [3.63, 3.8) is 0 Å². The second-order valence-corrected chi connectivity index (χ2v) is 3.58. The lowest BCUT2D eigenvalue weighted by Gasteiger charge is -2.04. The van der Waals surface area contributed by atoms with Gasteiger partial charge in [0.05, 0.1) is 0 Å². The van der Waals surface area contributed by atoms with Gasteiger partial charge >= 0.3 is 0 Å². The van der Waals surface area contributed by atoms with Crippen molar-refractivity contribution in [2.45, 2.75) is 13.8 Å². The zero-order valence-corrected chi connectivity index (χ0v) is 8.63. The zero-order chi connectivity index (χ0) is 11.4. The molecule has 0 saturated heterocycles. The molecule has 0 aliphatic heterocycles. The first-order chi connectivity index (χ1) is 7.04. The Morgan fingerprint density at radius 2 is 2.00 bits per heavy atom. The topological polar surface area (TPSA) is 17.1 Å². The fourth-order valence-electron chi connectivity index (χ4n) is 1.13. The fourth-order valence-corrected chi connectivity index (χ4v) is 1.13. The molecule has 1 rings (SSSR count). The highest BCUT2D eigenvalue weighted by Crippen LogP contribution is 2.16. The van der Waals surface area contributed by atoms with E-state index >= 15 is 0 Å². The number of carbonyl (C=O) groups excluding carboxylic acids is 1. The molecule has 0 radical (unpaired) electrons. The Bertz CT molecular complexity index is 395. The van der Waals surface area contributed by atoms with Gasteiger partial charge < -0.3 is 0 Å². The number of rotatable bonds is 3. The third-order valence-electron chi connectivity index (χ3n) is 2.09. The van der Waals surface area contributed by atoms with Crippen LogP contribution < -0.4 is 0 Å². The lowest BCUT2D eigenvalue weighted by atomic mass is 10.0. The van der Waals surface area contributed by atoms with Gasteiger partial charge in [0.1, 0.15) is 17.9 Å². The number of allylic oxidation sites excluding steroid dienone is 1. The molecular weight excluding hydrogens is 198 g/mol. The van der Waals surface area contributed by atoms with Gasteiger partial charge in [0.15, 0.2) is 0 Å². The Kier molecular flexibility index (Phi) is 3.72. The van der Waals surface area contributed by atoms with Crippen LogP contribution in [0, 0.1) is 17.6 Å².